The van der Waals surface area contributed by atoms with E-state index < -0.39 is 0 Å². The predicted molar refractivity (Wildman–Crippen MR) is 81.0 cm³/mol. The van der Waals surface area contributed by atoms with E-state index >= 15 is 0 Å². The lowest BCUT2D eigenvalue weighted by molar-refractivity contribution is 0.0954. The molecular formula is C15H21Cl2NO. The van der Waals surface area contributed by atoms with Crippen molar-refractivity contribution in [1.82, 2.24) is 5.32 Å². The highest BCUT2D eigenvalue weighted by atomic mass is 35.5. The first-order valence-electron chi connectivity index (χ1n) is 6.93. The van der Waals surface area contributed by atoms with Crippen molar-refractivity contribution in [2.45, 2.75) is 38.8 Å². The zero-order valence-electron chi connectivity index (χ0n) is 11.5. The van der Waals surface area contributed by atoms with E-state index in [4.69, 9.17) is 27.9 Å². The Morgan fingerprint density at radius 1 is 1.37 bits per heavy atom. The quantitative estimate of drug-likeness (QED) is 0.867. The van der Waals surface area contributed by atoms with Crippen LogP contribution in [0.2, 0.25) is 10.0 Å². The Kier molecular flexibility index (Phi) is 5.52. The molecule has 2 rings (SSSR count). The lowest BCUT2D eigenvalue weighted by Crippen LogP contribution is -2.32. The minimum atomic E-state index is 0.281. The van der Waals surface area contributed by atoms with Gasteiger partial charge in [-0.25, -0.2) is 0 Å². The van der Waals surface area contributed by atoms with Crippen LogP contribution in [0.5, 0.6) is 0 Å². The van der Waals surface area contributed by atoms with Crippen LogP contribution in [-0.2, 0) is 4.74 Å². The molecule has 1 aromatic rings. The zero-order valence-corrected chi connectivity index (χ0v) is 13.0. The Bertz CT molecular complexity index is 425. The molecule has 0 radical (unpaired) electrons. The van der Waals surface area contributed by atoms with Gasteiger partial charge in [-0.05, 0) is 44.0 Å². The van der Waals surface area contributed by atoms with Crippen LogP contribution >= 0.6 is 23.2 Å². The molecule has 0 aliphatic carbocycles. The SMILES string of the molecule is CCCNC(c1ccc(Cl)c(Cl)c1)C1CCOC1C. The molecule has 4 heteroatoms. The van der Waals surface area contributed by atoms with Gasteiger partial charge in [0.2, 0.25) is 0 Å². The number of hydrogen-bond acceptors (Lipinski definition) is 2. The van der Waals surface area contributed by atoms with E-state index in [1.54, 1.807) is 0 Å². The number of benzene rings is 1. The Morgan fingerprint density at radius 2 is 2.16 bits per heavy atom. The minimum Gasteiger partial charge on any atom is -0.378 e. The van der Waals surface area contributed by atoms with Crippen molar-refractivity contribution in [2.24, 2.45) is 5.92 Å². The highest BCUT2D eigenvalue weighted by Crippen LogP contribution is 2.35. The molecule has 1 heterocycles. The summed E-state index contributed by atoms with van der Waals surface area (Å²) in [5, 5.41) is 4.85. The second-order valence-electron chi connectivity index (χ2n) is 5.13. The van der Waals surface area contributed by atoms with Crippen LogP contribution in [0.1, 0.15) is 38.3 Å². The summed E-state index contributed by atoms with van der Waals surface area (Å²) in [5.74, 6) is 0.490. The maximum atomic E-state index is 6.14. The van der Waals surface area contributed by atoms with Gasteiger partial charge in [-0.15, -0.1) is 0 Å². The molecule has 1 saturated heterocycles. The summed E-state index contributed by atoms with van der Waals surface area (Å²) in [6.45, 7) is 6.16. The first-order valence-corrected chi connectivity index (χ1v) is 7.69. The molecule has 106 valence electrons. The van der Waals surface area contributed by atoms with Crippen LogP contribution in [0.15, 0.2) is 18.2 Å². The molecule has 2 nitrogen and oxygen atoms in total. The average molecular weight is 302 g/mol. The fraction of sp³-hybridized carbons (Fsp3) is 0.600. The first kappa shape index (κ1) is 15.1. The highest BCUT2D eigenvalue weighted by Gasteiger charge is 2.32. The summed E-state index contributed by atoms with van der Waals surface area (Å²) in [4.78, 5) is 0. The molecule has 3 unspecified atom stereocenters. The average Bonchev–Trinajstić information content (AvgIpc) is 2.80. The van der Waals surface area contributed by atoms with Crippen molar-refractivity contribution in [3.8, 4) is 0 Å². The molecule has 0 amide bonds. The Morgan fingerprint density at radius 3 is 2.74 bits per heavy atom. The van der Waals surface area contributed by atoms with Gasteiger partial charge in [0.1, 0.15) is 0 Å². The van der Waals surface area contributed by atoms with Crippen LogP contribution in [0.3, 0.4) is 0 Å². The van der Waals surface area contributed by atoms with Gasteiger partial charge in [-0.1, -0.05) is 36.2 Å². The van der Waals surface area contributed by atoms with Crippen LogP contribution in [0, 0.1) is 5.92 Å². The summed E-state index contributed by atoms with van der Waals surface area (Å²) in [7, 11) is 0. The van der Waals surface area contributed by atoms with E-state index in [1.165, 1.54) is 5.56 Å². The van der Waals surface area contributed by atoms with Crippen molar-refractivity contribution in [3.05, 3.63) is 33.8 Å². The smallest absolute Gasteiger partial charge is 0.0595 e. The molecule has 0 saturated carbocycles. The molecule has 1 fully saturated rings. The largest absolute Gasteiger partial charge is 0.378 e. The lowest BCUT2D eigenvalue weighted by atomic mass is 9.88. The van der Waals surface area contributed by atoms with E-state index in [1.807, 2.05) is 12.1 Å². The van der Waals surface area contributed by atoms with Gasteiger partial charge >= 0.3 is 0 Å². The van der Waals surface area contributed by atoms with Crippen molar-refractivity contribution in [2.75, 3.05) is 13.2 Å². The van der Waals surface area contributed by atoms with E-state index in [0.717, 1.165) is 26.0 Å². The van der Waals surface area contributed by atoms with Gasteiger partial charge < -0.3 is 10.1 Å². The number of halogens is 2. The summed E-state index contributed by atoms with van der Waals surface area (Å²) in [5.41, 5.74) is 1.20. The zero-order chi connectivity index (χ0) is 13.8. The number of ether oxygens (including phenoxy) is 1. The molecular weight excluding hydrogens is 281 g/mol. The van der Waals surface area contributed by atoms with Crippen LogP contribution in [0.25, 0.3) is 0 Å². The van der Waals surface area contributed by atoms with E-state index in [2.05, 4.69) is 25.2 Å². The molecule has 1 aliphatic heterocycles. The van der Waals surface area contributed by atoms with E-state index in [0.29, 0.717) is 16.0 Å². The Balaban J connectivity index is 2.22. The predicted octanol–water partition coefficient (Wildman–Crippen LogP) is 4.46. The van der Waals surface area contributed by atoms with Gasteiger partial charge in [0.05, 0.1) is 16.1 Å². The minimum absolute atomic E-state index is 0.281. The normalized spacial score (nSPS) is 24.6. The molecule has 0 bridgehead atoms. The topological polar surface area (TPSA) is 21.3 Å². The molecule has 3 atom stereocenters. The maximum absolute atomic E-state index is 6.14. The molecule has 1 aromatic carbocycles. The fourth-order valence-electron chi connectivity index (χ4n) is 2.71. The summed E-state index contributed by atoms with van der Waals surface area (Å²) >= 11 is 12.1. The van der Waals surface area contributed by atoms with Crippen LogP contribution < -0.4 is 5.32 Å². The van der Waals surface area contributed by atoms with Gasteiger partial charge in [0, 0.05) is 18.6 Å². The second-order valence-corrected chi connectivity index (χ2v) is 5.95. The van der Waals surface area contributed by atoms with Crippen molar-refractivity contribution >= 4 is 23.2 Å². The number of nitrogens with one attached hydrogen (secondary N) is 1. The van der Waals surface area contributed by atoms with E-state index in [9.17, 15) is 0 Å². The third kappa shape index (κ3) is 3.63. The number of rotatable bonds is 5. The summed E-state index contributed by atoms with van der Waals surface area (Å²) < 4.78 is 5.70. The van der Waals surface area contributed by atoms with E-state index in [-0.39, 0.29) is 12.1 Å². The van der Waals surface area contributed by atoms with Crippen molar-refractivity contribution in [3.63, 3.8) is 0 Å². The third-order valence-corrected chi connectivity index (χ3v) is 4.52. The fourth-order valence-corrected chi connectivity index (χ4v) is 3.01. The summed E-state index contributed by atoms with van der Waals surface area (Å²) in [6.07, 6.45) is 2.48. The Labute approximate surface area is 125 Å². The Hall–Kier alpha value is -0.280. The third-order valence-electron chi connectivity index (χ3n) is 3.78. The second kappa shape index (κ2) is 6.94. The summed E-state index contributed by atoms with van der Waals surface area (Å²) in [6, 6.07) is 6.20. The van der Waals surface area contributed by atoms with Gasteiger partial charge in [-0.2, -0.15) is 0 Å². The van der Waals surface area contributed by atoms with Gasteiger partial charge in [0.25, 0.3) is 0 Å². The van der Waals surface area contributed by atoms with Crippen LogP contribution in [-0.4, -0.2) is 19.3 Å². The number of hydrogen-bond donors (Lipinski definition) is 1. The maximum Gasteiger partial charge on any atom is 0.0595 e. The monoisotopic (exact) mass is 301 g/mol. The molecule has 19 heavy (non-hydrogen) atoms. The molecule has 1 N–H and O–H groups in total. The van der Waals surface area contributed by atoms with Crippen molar-refractivity contribution < 1.29 is 4.74 Å². The van der Waals surface area contributed by atoms with Crippen molar-refractivity contribution in [1.29, 1.82) is 0 Å². The molecule has 1 aliphatic rings. The molecule has 0 spiro atoms. The van der Waals surface area contributed by atoms with Gasteiger partial charge in [-0.3, -0.25) is 0 Å². The molecule has 0 aromatic heterocycles. The first-order chi connectivity index (χ1) is 9.13. The highest BCUT2D eigenvalue weighted by molar-refractivity contribution is 6.42. The van der Waals surface area contributed by atoms with Gasteiger partial charge in [0.15, 0.2) is 0 Å². The lowest BCUT2D eigenvalue weighted by Gasteiger charge is -2.27. The standard InChI is InChI=1S/C15H21Cl2NO/c1-3-7-18-15(12-6-8-19-10(12)2)11-4-5-13(16)14(17)9-11/h4-5,9-10,12,15,18H,3,6-8H2,1-2H3. The van der Waals surface area contributed by atoms with Crippen LogP contribution in [0.4, 0.5) is 0 Å².